The molecule has 3 nitrogen and oxygen atoms in total. The topological polar surface area (TPSA) is 19.6 Å². The highest BCUT2D eigenvalue weighted by Gasteiger charge is 2.28. The minimum atomic E-state index is 0.837. The van der Waals surface area contributed by atoms with Gasteiger partial charge in [-0.15, -0.1) is 0 Å². The molecule has 0 spiro atoms. The van der Waals surface area contributed by atoms with Crippen molar-refractivity contribution in [2.75, 3.05) is 9.80 Å². The Morgan fingerprint density at radius 3 is 1.59 bits per heavy atom. The summed E-state index contributed by atoms with van der Waals surface area (Å²) in [6, 6.07) is 68.5. The molecule has 0 saturated carbocycles. The fourth-order valence-electron chi connectivity index (χ4n) is 7.05. The summed E-state index contributed by atoms with van der Waals surface area (Å²) >= 11 is 0. The third kappa shape index (κ3) is 5.00. The number of hydrogen-bond acceptors (Lipinski definition) is 3. The minimum Gasteiger partial charge on any atom is -0.455 e. The van der Waals surface area contributed by atoms with Crippen LogP contribution in [0.3, 0.4) is 0 Å². The summed E-state index contributed by atoms with van der Waals surface area (Å²) in [6.45, 7) is 0. The van der Waals surface area contributed by atoms with Gasteiger partial charge < -0.3 is 14.2 Å². The summed E-state index contributed by atoms with van der Waals surface area (Å²) in [5.41, 5.74) is 10.3. The maximum Gasteiger partial charge on any atom is 0.143 e. The van der Waals surface area contributed by atoms with Gasteiger partial charge in [-0.1, -0.05) is 133 Å². The molecule has 0 N–H and O–H groups in total. The highest BCUT2D eigenvalue weighted by Crippen LogP contribution is 2.53. The van der Waals surface area contributed by atoms with Crippen LogP contribution in [0, 0.1) is 0 Å². The lowest BCUT2D eigenvalue weighted by Gasteiger charge is -2.34. The molecule has 0 aliphatic heterocycles. The van der Waals surface area contributed by atoms with Gasteiger partial charge in [-0.05, 0) is 71.6 Å². The van der Waals surface area contributed by atoms with E-state index in [1.807, 2.05) is 0 Å². The smallest absolute Gasteiger partial charge is 0.143 e. The SMILES string of the molecule is c1ccc(-c2ccccc2N(c2ccccc2)c2c(N(c3ccccc3)c3ccccc3)ccc3oc4c5ccccc5ccc4c23)cc1. The second-order valence-corrected chi connectivity index (χ2v) is 12.1. The van der Waals surface area contributed by atoms with Crippen LogP contribution in [-0.4, -0.2) is 0 Å². The molecule has 1 aromatic heterocycles. The molecule has 232 valence electrons. The molecule has 0 atom stereocenters. The monoisotopic (exact) mass is 628 g/mol. The van der Waals surface area contributed by atoms with Gasteiger partial charge in [-0.25, -0.2) is 0 Å². The average Bonchev–Trinajstić information content (AvgIpc) is 3.57. The molecule has 1 heterocycles. The van der Waals surface area contributed by atoms with Crippen LogP contribution < -0.4 is 9.80 Å². The number of fused-ring (bicyclic) bond motifs is 5. The van der Waals surface area contributed by atoms with Crippen LogP contribution in [0.1, 0.15) is 0 Å². The Labute approximate surface area is 285 Å². The summed E-state index contributed by atoms with van der Waals surface area (Å²) in [5, 5.41) is 4.38. The third-order valence-electron chi connectivity index (χ3n) is 9.22. The number of rotatable bonds is 7. The third-order valence-corrected chi connectivity index (χ3v) is 9.22. The first-order valence-corrected chi connectivity index (χ1v) is 16.6. The van der Waals surface area contributed by atoms with Gasteiger partial charge in [-0.3, -0.25) is 0 Å². The zero-order valence-electron chi connectivity index (χ0n) is 26.8. The van der Waals surface area contributed by atoms with E-state index < -0.39 is 0 Å². The van der Waals surface area contributed by atoms with Crippen molar-refractivity contribution in [2.24, 2.45) is 0 Å². The first kappa shape index (κ1) is 28.6. The van der Waals surface area contributed by atoms with Crippen molar-refractivity contribution < 1.29 is 4.42 Å². The van der Waals surface area contributed by atoms with E-state index in [1.165, 1.54) is 0 Å². The maximum absolute atomic E-state index is 6.84. The molecule has 0 fully saturated rings. The zero-order chi connectivity index (χ0) is 32.6. The largest absolute Gasteiger partial charge is 0.455 e. The molecular formula is C46H32N2O. The van der Waals surface area contributed by atoms with Crippen molar-refractivity contribution >= 4 is 66.8 Å². The van der Waals surface area contributed by atoms with Crippen LogP contribution in [0.2, 0.25) is 0 Å². The number of hydrogen-bond donors (Lipinski definition) is 0. The standard InChI is InChI=1S/C46H32N2O/c1-5-17-33(18-6-1)38-26-15-16-28-41(38)48(37-24-11-4-12-25-37)45-42(47(35-20-7-2-8-21-35)36-22-9-3-10-23-36)31-32-43-44(45)40-30-29-34-19-13-14-27-39(34)46(40)49-43/h1-32H. The summed E-state index contributed by atoms with van der Waals surface area (Å²) in [5.74, 6) is 0. The van der Waals surface area contributed by atoms with E-state index in [-0.39, 0.29) is 0 Å². The molecule has 9 aromatic rings. The van der Waals surface area contributed by atoms with Gasteiger partial charge in [0.1, 0.15) is 11.2 Å². The Morgan fingerprint density at radius 2 is 0.918 bits per heavy atom. The Bertz CT molecular complexity index is 2500. The predicted molar refractivity (Wildman–Crippen MR) is 206 cm³/mol. The number of benzene rings is 8. The summed E-state index contributed by atoms with van der Waals surface area (Å²) in [4.78, 5) is 4.78. The molecule has 8 aromatic carbocycles. The van der Waals surface area contributed by atoms with Crippen LogP contribution in [0.4, 0.5) is 34.1 Å². The van der Waals surface area contributed by atoms with Crippen LogP contribution in [0.5, 0.6) is 0 Å². The van der Waals surface area contributed by atoms with Crippen molar-refractivity contribution in [3.05, 3.63) is 194 Å². The number of para-hydroxylation sites is 4. The number of anilines is 6. The number of nitrogens with zero attached hydrogens (tertiary/aromatic N) is 2. The van der Waals surface area contributed by atoms with E-state index in [0.29, 0.717) is 0 Å². The van der Waals surface area contributed by atoms with Gasteiger partial charge in [0, 0.05) is 33.4 Å². The quantitative estimate of drug-likeness (QED) is 0.175. The summed E-state index contributed by atoms with van der Waals surface area (Å²) < 4.78 is 6.84. The normalized spacial score (nSPS) is 11.3. The highest BCUT2D eigenvalue weighted by atomic mass is 16.3. The zero-order valence-corrected chi connectivity index (χ0v) is 26.8. The molecule has 0 unspecified atom stereocenters. The van der Waals surface area contributed by atoms with Crippen LogP contribution in [0.25, 0.3) is 43.8 Å². The Kier molecular flexibility index (Phi) is 7.14. The molecule has 0 saturated heterocycles. The molecule has 0 aliphatic carbocycles. The van der Waals surface area contributed by atoms with Crippen molar-refractivity contribution in [3.8, 4) is 11.1 Å². The van der Waals surface area contributed by atoms with Crippen molar-refractivity contribution in [2.45, 2.75) is 0 Å². The van der Waals surface area contributed by atoms with Crippen LogP contribution in [-0.2, 0) is 0 Å². The lowest BCUT2D eigenvalue weighted by Crippen LogP contribution is -2.17. The first-order chi connectivity index (χ1) is 24.3. The van der Waals surface area contributed by atoms with Crippen molar-refractivity contribution in [3.63, 3.8) is 0 Å². The molecule has 3 heteroatoms. The van der Waals surface area contributed by atoms with Crippen LogP contribution >= 0.6 is 0 Å². The summed E-state index contributed by atoms with van der Waals surface area (Å²) in [6.07, 6.45) is 0. The second-order valence-electron chi connectivity index (χ2n) is 12.1. The molecule has 0 bridgehead atoms. The van der Waals surface area contributed by atoms with Gasteiger partial charge in [0.2, 0.25) is 0 Å². The van der Waals surface area contributed by atoms with Gasteiger partial charge in [0.25, 0.3) is 0 Å². The average molecular weight is 629 g/mol. The highest BCUT2D eigenvalue weighted by molar-refractivity contribution is 6.22. The minimum absolute atomic E-state index is 0.837. The molecule has 0 radical (unpaired) electrons. The Hall–Kier alpha value is -6.58. The van der Waals surface area contributed by atoms with E-state index in [9.17, 15) is 0 Å². The Balaban J connectivity index is 1.46. The molecule has 49 heavy (non-hydrogen) atoms. The predicted octanol–water partition coefficient (Wildman–Crippen LogP) is 13.3. The van der Waals surface area contributed by atoms with E-state index in [1.54, 1.807) is 0 Å². The van der Waals surface area contributed by atoms with E-state index >= 15 is 0 Å². The maximum atomic E-state index is 6.84. The first-order valence-electron chi connectivity index (χ1n) is 16.6. The fraction of sp³-hybridized carbons (Fsp3) is 0. The van der Waals surface area contributed by atoms with Gasteiger partial charge >= 0.3 is 0 Å². The van der Waals surface area contributed by atoms with Crippen molar-refractivity contribution in [1.29, 1.82) is 0 Å². The van der Waals surface area contributed by atoms with Crippen LogP contribution in [0.15, 0.2) is 199 Å². The molecule has 0 amide bonds. The van der Waals surface area contributed by atoms with E-state index in [2.05, 4.69) is 204 Å². The second kappa shape index (κ2) is 12.2. The molecular weight excluding hydrogens is 597 g/mol. The molecule has 9 rings (SSSR count). The van der Waals surface area contributed by atoms with E-state index in [4.69, 9.17) is 4.42 Å². The number of furan rings is 1. The summed E-state index contributed by atoms with van der Waals surface area (Å²) in [7, 11) is 0. The molecule has 0 aliphatic rings. The van der Waals surface area contributed by atoms with E-state index in [0.717, 1.165) is 78.0 Å². The lowest BCUT2D eigenvalue weighted by atomic mass is 9.99. The lowest BCUT2D eigenvalue weighted by molar-refractivity contribution is 0.672. The van der Waals surface area contributed by atoms with Crippen molar-refractivity contribution in [1.82, 2.24) is 0 Å². The van der Waals surface area contributed by atoms with Gasteiger partial charge in [-0.2, -0.15) is 0 Å². The Morgan fingerprint density at radius 1 is 0.367 bits per heavy atom. The van der Waals surface area contributed by atoms with Gasteiger partial charge in [0.15, 0.2) is 0 Å². The van der Waals surface area contributed by atoms with Gasteiger partial charge in [0.05, 0.1) is 22.4 Å². The fourth-order valence-corrected chi connectivity index (χ4v) is 7.05.